The van der Waals surface area contributed by atoms with Crippen molar-refractivity contribution < 1.29 is 37.3 Å². The van der Waals surface area contributed by atoms with Gasteiger partial charge in [-0.05, 0) is 64.2 Å². The molecule has 57 heavy (non-hydrogen) atoms. The maximum absolute atomic E-state index is 12.7. The molecule has 0 bridgehead atoms. The Morgan fingerprint density at radius 1 is 0.544 bits per heavy atom. The van der Waals surface area contributed by atoms with Gasteiger partial charge < -0.3 is 18.9 Å². The molecule has 0 aliphatic heterocycles. The summed E-state index contributed by atoms with van der Waals surface area (Å²) in [5.41, 5.74) is 0. The maximum atomic E-state index is 12.7. The van der Waals surface area contributed by atoms with E-state index in [1.807, 2.05) is 21.1 Å². The number of allylic oxidation sites excluding steroid dienone is 6. The molecule has 0 radical (unpaired) electrons. The fraction of sp³-hybridized carbons (Fsp3) is 0.854. The van der Waals surface area contributed by atoms with Crippen LogP contribution in [-0.4, -0.2) is 75.6 Å². The molecule has 8 nitrogen and oxygen atoms in total. The Morgan fingerprint density at radius 2 is 0.982 bits per heavy atom. The molecule has 2 unspecified atom stereocenters. The molecular formula is C48H93NO7P+. The molecular weight excluding hydrogens is 734 g/mol. The molecule has 1 N–H and O–H groups in total. The summed E-state index contributed by atoms with van der Waals surface area (Å²) in [5.74, 6) is -0.324. The van der Waals surface area contributed by atoms with E-state index in [0.717, 1.165) is 51.4 Å². The van der Waals surface area contributed by atoms with Crippen LogP contribution in [0.4, 0.5) is 0 Å². The highest BCUT2D eigenvalue weighted by Gasteiger charge is 2.26. The lowest BCUT2D eigenvalue weighted by molar-refractivity contribution is -0.870. The number of esters is 1. The Balaban J connectivity index is 4.07. The van der Waals surface area contributed by atoms with E-state index in [1.165, 1.54) is 135 Å². The zero-order valence-electron chi connectivity index (χ0n) is 38.1. The number of phosphoric ester groups is 1. The lowest BCUT2D eigenvalue weighted by Gasteiger charge is -2.24. The van der Waals surface area contributed by atoms with Crippen molar-refractivity contribution in [3.8, 4) is 0 Å². The van der Waals surface area contributed by atoms with Crippen molar-refractivity contribution in [3.05, 3.63) is 36.5 Å². The standard InChI is InChI=1S/C48H92NO7P/c1-6-8-10-12-14-16-18-19-20-21-22-23-24-25-26-27-28-29-30-32-34-36-38-40-43-53-45-47(46-55-57(51,52)54-44-42-49(3,4)5)56-48(50)41-39-37-35-33-31-17-15-13-11-9-7-2/h13,15,18-19,21-22,47H,6-12,14,16-17,20,23-46H2,1-5H3/p+1/b15-13-,19-18-,22-21-. The molecule has 0 aliphatic rings. The van der Waals surface area contributed by atoms with Crippen LogP contribution in [0.1, 0.15) is 206 Å². The molecule has 0 aromatic heterocycles. The van der Waals surface area contributed by atoms with Crippen LogP contribution in [0, 0.1) is 0 Å². The maximum Gasteiger partial charge on any atom is 0.472 e. The number of rotatable bonds is 44. The summed E-state index contributed by atoms with van der Waals surface area (Å²) in [6, 6.07) is 0. The predicted octanol–water partition coefficient (Wildman–Crippen LogP) is 14.2. The highest BCUT2D eigenvalue weighted by Crippen LogP contribution is 2.43. The van der Waals surface area contributed by atoms with Gasteiger partial charge in [0.05, 0.1) is 34.4 Å². The topological polar surface area (TPSA) is 91.3 Å². The molecule has 0 fully saturated rings. The van der Waals surface area contributed by atoms with Gasteiger partial charge in [-0.3, -0.25) is 13.8 Å². The molecule has 0 saturated heterocycles. The predicted molar refractivity (Wildman–Crippen MR) is 243 cm³/mol. The largest absolute Gasteiger partial charge is 0.472 e. The summed E-state index contributed by atoms with van der Waals surface area (Å²) < 4.78 is 35.0. The van der Waals surface area contributed by atoms with E-state index in [4.69, 9.17) is 18.5 Å². The molecule has 0 aromatic carbocycles. The number of likely N-dealkylation sites (N-methyl/N-ethyl adjacent to an activating group) is 1. The summed E-state index contributed by atoms with van der Waals surface area (Å²) in [4.78, 5) is 22.9. The van der Waals surface area contributed by atoms with Crippen LogP contribution < -0.4 is 0 Å². The number of carbonyl (C=O) groups excluding carboxylic acids is 1. The summed E-state index contributed by atoms with van der Waals surface area (Å²) in [7, 11) is 1.66. The Labute approximate surface area is 353 Å². The van der Waals surface area contributed by atoms with Gasteiger partial charge in [0.1, 0.15) is 19.3 Å². The number of hydrogen-bond acceptors (Lipinski definition) is 6. The second kappa shape index (κ2) is 41.5. The minimum absolute atomic E-state index is 0.0870. The first-order valence-electron chi connectivity index (χ1n) is 23.7. The fourth-order valence-electron chi connectivity index (χ4n) is 6.45. The van der Waals surface area contributed by atoms with Gasteiger partial charge in [0.25, 0.3) is 0 Å². The average Bonchev–Trinajstić information content (AvgIpc) is 3.16. The Morgan fingerprint density at radius 3 is 1.49 bits per heavy atom. The molecule has 336 valence electrons. The zero-order chi connectivity index (χ0) is 42.0. The van der Waals surface area contributed by atoms with Crippen LogP contribution in [0.15, 0.2) is 36.5 Å². The quantitative estimate of drug-likeness (QED) is 0.0215. The van der Waals surface area contributed by atoms with Crippen molar-refractivity contribution in [1.82, 2.24) is 0 Å². The number of unbranched alkanes of at least 4 members (excludes halogenated alkanes) is 24. The van der Waals surface area contributed by atoms with Crippen molar-refractivity contribution in [2.24, 2.45) is 0 Å². The van der Waals surface area contributed by atoms with E-state index < -0.39 is 13.9 Å². The van der Waals surface area contributed by atoms with Gasteiger partial charge in [0.2, 0.25) is 0 Å². The lowest BCUT2D eigenvalue weighted by Crippen LogP contribution is -2.37. The van der Waals surface area contributed by atoms with Gasteiger partial charge in [-0.1, -0.05) is 172 Å². The van der Waals surface area contributed by atoms with Crippen LogP contribution in [0.25, 0.3) is 0 Å². The van der Waals surface area contributed by atoms with E-state index in [-0.39, 0.29) is 25.8 Å². The van der Waals surface area contributed by atoms with Gasteiger partial charge >= 0.3 is 13.8 Å². The highest BCUT2D eigenvalue weighted by atomic mass is 31.2. The SMILES string of the molecule is CCCC/C=C\CCCCCCCC(=O)OC(COCCCCCCCCCCCCCC/C=C\C/C=C\CCCCCCC)COP(=O)(O)OCC[N+](C)(C)C. The summed E-state index contributed by atoms with van der Waals surface area (Å²) in [6.07, 6.45) is 49.0. The highest BCUT2D eigenvalue weighted by molar-refractivity contribution is 7.47. The normalized spacial score (nSPS) is 14.0. The van der Waals surface area contributed by atoms with Crippen LogP contribution in [0.5, 0.6) is 0 Å². The molecule has 9 heteroatoms. The van der Waals surface area contributed by atoms with Crippen molar-refractivity contribution >= 4 is 13.8 Å². The lowest BCUT2D eigenvalue weighted by atomic mass is 10.0. The number of quaternary nitrogens is 1. The molecule has 0 saturated carbocycles. The summed E-state index contributed by atoms with van der Waals surface area (Å²) >= 11 is 0. The molecule has 0 spiro atoms. The molecule has 0 aliphatic carbocycles. The average molecular weight is 827 g/mol. The molecule has 0 amide bonds. The molecule has 0 rings (SSSR count). The second-order valence-electron chi connectivity index (χ2n) is 17.1. The third kappa shape index (κ3) is 45.7. The van der Waals surface area contributed by atoms with Gasteiger partial charge in [0, 0.05) is 13.0 Å². The minimum Gasteiger partial charge on any atom is -0.457 e. The number of carbonyl (C=O) groups is 1. The summed E-state index contributed by atoms with van der Waals surface area (Å²) in [5, 5.41) is 0. The van der Waals surface area contributed by atoms with Gasteiger partial charge in [-0.2, -0.15) is 0 Å². The summed E-state index contributed by atoms with van der Waals surface area (Å²) in [6.45, 7) is 5.57. The first-order valence-corrected chi connectivity index (χ1v) is 25.2. The molecule has 2 atom stereocenters. The zero-order valence-corrected chi connectivity index (χ0v) is 39.0. The van der Waals surface area contributed by atoms with Crippen LogP contribution in [0.2, 0.25) is 0 Å². The first-order chi connectivity index (χ1) is 27.6. The van der Waals surface area contributed by atoms with Crippen molar-refractivity contribution in [2.75, 3.05) is 54.1 Å². The van der Waals surface area contributed by atoms with E-state index >= 15 is 0 Å². The van der Waals surface area contributed by atoms with Crippen LogP contribution >= 0.6 is 7.82 Å². The fourth-order valence-corrected chi connectivity index (χ4v) is 7.19. The van der Waals surface area contributed by atoms with E-state index in [2.05, 4.69) is 50.3 Å². The van der Waals surface area contributed by atoms with Gasteiger partial charge in [-0.15, -0.1) is 0 Å². The van der Waals surface area contributed by atoms with Crippen molar-refractivity contribution in [2.45, 2.75) is 213 Å². The number of nitrogens with zero attached hydrogens (tertiary/aromatic N) is 1. The Bertz CT molecular complexity index is 1010. The monoisotopic (exact) mass is 827 g/mol. The molecule has 0 aromatic rings. The number of phosphoric acid groups is 1. The van der Waals surface area contributed by atoms with Crippen LogP contribution in [0.3, 0.4) is 0 Å². The van der Waals surface area contributed by atoms with E-state index in [1.54, 1.807) is 0 Å². The van der Waals surface area contributed by atoms with E-state index in [0.29, 0.717) is 24.1 Å². The second-order valence-corrected chi connectivity index (χ2v) is 18.6. The smallest absolute Gasteiger partial charge is 0.457 e. The molecule has 0 heterocycles. The Hall–Kier alpha value is -1.28. The van der Waals surface area contributed by atoms with Crippen molar-refractivity contribution in [3.63, 3.8) is 0 Å². The van der Waals surface area contributed by atoms with E-state index in [9.17, 15) is 14.3 Å². The number of ether oxygens (including phenoxy) is 2. The number of hydrogen-bond donors (Lipinski definition) is 1. The van der Waals surface area contributed by atoms with Gasteiger partial charge in [0.15, 0.2) is 0 Å². The van der Waals surface area contributed by atoms with Crippen LogP contribution in [-0.2, 0) is 27.9 Å². The third-order valence-corrected chi connectivity index (χ3v) is 11.2. The third-order valence-electron chi connectivity index (χ3n) is 10.2. The minimum atomic E-state index is -4.27. The van der Waals surface area contributed by atoms with Gasteiger partial charge in [-0.25, -0.2) is 4.57 Å². The Kier molecular flexibility index (Phi) is 40.5. The first kappa shape index (κ1) is 55.7. The van der Waals surface area contributed by atoms with Crippen molar-refractivity contribution in [1.29, 1.82) is 0 Å².